The van der Waals surface area contributed by atoms with Crippen LogP contribution in [0.5, 0.6) is 11.5 Å². The van der Waals surface area contributed by atoms with Crippen LogP contribution in [0.3, 0.4) is 0 Å². The zero-order valence-electron chi connectivity index (χ0n) is 50.5. The number of methoxy groups -OCH3 is 1. The number of rotatable bonds is 20. The molecule has 6 heterocycles. The lowest BCUT2D eigenvalue weighted by molar-refractivity contribution is -0.154. The summed E-state index contributed by atoms with van der Waals surface area (Å²) < 4.78 is 5.19. The first-order chi connectivity index (χ1) is 41.5. The number of amides is 2. The number of halogens is 1. The molecular formula is C66H90ClN15O6. The number of aromatic nitrogens is 8. The Balaban J connectivity index is 0.000000213. The summed E-state index contributed by atoms with van der Waals surface area (Å²) in [4.78, 5) is 77.7. The largest absolute Gasteiger partial charge is 0.504 e. The van der Waals surface area contributed by atoms with E-state index in [-0.39, 0.29) is 55.5 Å². The monoisotopic (exact) mass is 1220 g/mol. The van der Waals surface area contributed by atoms with E-state index >= 15 is 0 Å². The van der Waals surface area contributed by atoms with Gasteiger partial charge >= 0.3 is 5.97 Å². The summed E-state index contributed by atoms with van der Waals surface area (Å²) in [5.74, 6) is 3.34. The Morgan fingerprint density at radius 1 is 0.750 bits per heavy atom. The third kappa shape index (κ3) is 22.0. The highest BCUT2D eigenvalue weighted by Gasteiger charge is 2.45. The molecule has 0 unspecified atom stereocenters. The number of nitrogens with zero attached hydrogens (tertiary/aromatic N) is 12. The minimum Gasteiger partial charge on any atom is -0.504 e. The van der Waals surface area contributed by atoms with E-state index in [4.69, 9.17) is 21.4 Å². The summed E-state index contributed by atoms with van der Waals surface area (Å²) in [5.41, 5.74) is 6.94. The zero-order valence-corrected chi connectivity index (χ0v) is 51.3. The Morgan fingerprint density at radius 3 is 1.97 bits per heavy atom. The molecule has 10 rings (SSSR count). The standard InChI is InChI=1S/C19H26N4O2.C16H22N4O.C15H19N3O.C14H15ClN4O2.2CH4/c24-16-12-19(6-1-2-7-19)13-17(25)23(16)14-15-4-10-22(11-5-15)18-20-8-3-9-21-18;1-19(2)11-12-20(16-17-9-4-10-18-16)13-14-5-7-15(21-3)8-6-14;1-11-14(19)12(2)18-15(17-11)16-10-6-9-13-7-4-3-5-8-13;1-8-4-3-5-10(9(8)2)17-12-6-11(15)18-14(19-12)16-7-13(20)21;;/h3,8-9,15H,1-2,4-7,10-14H2;4-10H,11-13H2,1-3H3;3-5,7-8,19H,6,9-10H2,1-2H3,(H,16,17,18);3-6H,7H2,1-2H3,(H,20,21)(H2,16,17,18,19);2*1H4. The Kier molecular flexibility index (Phi) is 28.2. The number of hydrogen-bond acceptors (Lipinski definition) is 19. The highest BCUT2D eigenvalue weighted by Crippen LogP contribution is 2.47. The predicted octanol–water partition coefficient (Wildman–Crippen LogP) is 11.6. The van der Waals surface area contributed by atoms with Gasteiger partial charge in [0.25, 0.3) is 0 Å². The maximum atomic E-state index is 12.6. The number of piperidine rings is 2. The normalized spacial score (nSPS) is 14.1. The predicted molar refractivity (Wildman–Crippen MR) is 351 cm³/mol. The number of anilines is 6. The first-order valence-corrected chi connectivity index (χ1v) is 29.6. The average Bonchev–Trinajstić information content (AvgIpc) is 2.68. The number of carbonyl (C=O) groups is 3. The number of likely N-dealkylation sites (N-methyl/N-ethyl adjacent to an activating group) is 1. The first-order valence-electron chi connectivity index (χ1n) is 29.3. The van der Waals surface area contributed by atoms with Crippen molar-refractivity contribution >= 4 is 64.7 Å². The van der Waals surface area contributed by atoms with Crippen molar-refractivity contribution in [3.63, 3.8) is 0 Å². The lowest BCUT2D eigenvalue weighted by atomic mass is 9.76. The molecule has 1 aliphatic carbocycles. The van der Waals surface area contributed by atoms with Gasteiger partial charge in [-0.05, 0) is 144 Å². The first kappa shape index (κ1) is 70.2. The number of ether oxygens (including phenoxy) is 1. The molecular weight excluding hydrogens is 1130 g/mol. The molecule has 3 aromatic carbocycles. The number of hydrogen-bond donors (Lipinski definition) is 5. The van der Waals surface area contributed by atoms with Gasteiger partial charge in [-0.1, -0.05) is 93.9 Å². The fourth-order valence-electron chi connectivity index (χ4n) is 10.4. The van der Waals surface area contributed by atoms with Gasteiger partial charge in [-0.3, -0.25) is 19.3 Å². The van der Waals surface area contributed by atoms with Crippen LogP contribution in [0.25, 0.3) is 0 Å². The van der Waals surface area contributed by atoms with E-state index < -0.39 is 5.97 Å². The van der Waals surface area contributed by atoms with Crippen LogP contribution in [-0.4, -0.2) is 145 Å². The van der Waals surface area contributed by atoms with Gasteiger partial charge in [0.1, 0.15) is 23.3 Å². The van der Waals surface area contributed by atoms with Gasteiger partial charge in [-0.25, -0.2) is 34.9 Å². The second-order valence-electron chi connectivity index (χ2n) is 22.2. The minimum absolute atomic E-state index is 0. The number of carboxylic acid groups (broad SMARTS) is 1. The van der Waals surface area contributed by atoms with Gasteiger partial charge in [0.05, 0.1) is 18.5 Å². The number of aliphatic carboxylic acids is 1. The van der Waals surface area contributed by atoms with Crippen molar-refractivity contribution in [2.24, 2.45) is 11.3 Å². The molecule has 0 bridgehead atoms. The quantitative estimate of drug-likeness (QED) is 0.0270. The molecule has 3 aliphatic rings. The Morgan fingerprint density at radius 2 is 1.36 bits per heavy atom. The maximum absolute atomic E-state index is 12.6. The van der Waals surface area contributed by atoms with Crippen molar-refractivity contribution in [1.82, 2.24) is 49.7 Å². The third-order valence-corrected chi connectivity index (χ3v) is 15.5. The van der Waals surface area contributed by atoms with Crippen LogP contribution in [-0.2, 0) is 27.3 Å². The molecule has 22 heteroatoms. The van der Waals surface area contributed by atoms with Gasteiger partial charge < -0.3 is 45.6 Å². The fourth-order valence-corrected chi connectivity index (χ4v) is 10.6. The Hall–Kier alpha value is -8.56. The van der Waals surface area contributed by atoms with E-state index in [1.54, 1.807) is 56.7 Å². The van der Waals surface area contributed by atoms with Crippen molar-refractivity contribution in [2.45, 2.75) is 113 Å². The van der Waals surface area contributed by atoms with Crippen LogP contribution in [0, 0.1) is 39.0 Å². The summed E-state index contributed by atoms with van der Waals surface area (Å²) in [6.45, 7) is 13.1. The van der Waals surface area contributed by atoms with E-state index in [0.717, 1.165) is 112 Å². The van der Waals surface area contributed by atoms with Crippen molar-refractivity contribution in [2.75, 3.05) is 92.8 Å². The molecule has 2 amide bonds. The molecule has 88 heavy (non-hydrogen) atoms. The summed E-state index contributed by atoms with van der Waals surface area (Å²) in [6, 6.07) is 29.6. The van der Waals surface area contributed by atoms with Crippen LogP contribution in [0.4, 0.5) is 35.3 Å². The number of nitrogens with one attached hydrogen (secondary N) is 3. The van der Waals surface area contributed by atoms with Gasteiger partial charge in [-0.2, -0.15) is 4.98 Å². The van der Waals surface area contributed by atoms with Gasteiger partial charge in [-0.15, -0.1) is 0 Å². The molecule has 5 N–H and O–H groups in total. The number of carbonyl (C=O) groups excluding carboxylic acids is 2. The number of likely N-dealkylation sites (tertiary alicyclic amines) is 1. The molecule has 21 nitrogen and oxygen atoms in total. The van der Waals surface area contributed by atoms with Crippen LogP contribution in [0.15, 0.2) is 116 Å². The van der Waals surface area contributed by atoms with E-state index in [1.165, 1.54) is 24.0 Å². The van der Waals surface area contributed by atoms with Gasteiger partial charge in [0, 0.05) is 95.2 Å². The Bertz CT molecular complexity index is 3200. The summed E-state index contributed by atoms with van der Waals surface area (Å²) >= 11 is 5.92. The highest BCUT2D eigenvalue weighted by molar-refractivity contribution is 6.29. The lowest BCUT2D eigenvalue weighted by Gasteiger charge is -2.40. The molecule has 0 atom stereocenters. The molecule has 0 radical (unpaired) electrons. The van der Waals surface area contributed by atoms with E-state index in [9.17, 15) is 19.5 Å². The van der Waals surface area contributed by atoms with Crippen molar-refractivity contribution in [3.05, 3.63) is 155 Å². The molecule has 2 aliphatic heterocycles. The fraction of sp³-hybridized carbons (Fsp3) is 0.439. The molecule has 4 aromatic heterocycles. The topological polar surface area (TPSA) is 253 Å². The van der Waals surface area contributed by atoms with Gasteiger partial charge in [0.15, 0.2) is 5.75 Å². The number of imide groups is 1. The maximum Gasteiger partial charge on any atom is 0.322 e. The summed E-state index contributed by atoms with van der Waals surface area (Å²) in [7, 11) is 5.81. The molecule has 7 aromatic rings. The molecule has 3 fully saturated rings. The second-order valence-corrected chi connectivity index (χ2v) is 22.5. The summed E-state index contributed by atoms with van der Waals surface area (Å²) in [6.07, 6.45) is 16.7. The number of benzene rings is 3. The molecule has 472 valence electrons. The highest BCUT2D eigenvalue weighted by atomic mass is 35.5. The van der Waals surface area contributed by atoms with Crippen LogP contribution < -0.4 is 30.5 Å². The van der Waals surface area contributed by atoms with Crippen LogP contribution in [0.2, 0.25) is 5.15 Å². The Labute approximate surface area is 524 Å². The summed E-state index contributed by atoms with van der Waals surface area (Å²) in [5, 5.41) is 27.4. The molecule has 1 spiro atoms. The van der Waals surface area contributed by atoms with Gasteiger partial charge in [0.2, 0.25) is 35.6 Å². The van der Waals surface area contributed by atoms with E-state index in [0.29, 0.717) is 48.5 Å². The number of aromatic hydroxyl groups is 1. The number of aryl methyl sites for hydroxylation is 4. The van der Waals surface area contributed by atoms with Crippen LogP contribution in [0.1, 0.15) is 106 Å². The lowest BCUT2D eigenvalue weighted by Crippen LogP contribution is -2.50. The average molecular weight is 1220 g/mol. The zero-order chi connectivity index (χ0) is 61.4. The number of carboxylic acids is 1. The van der Waals surface area contributed by atoms with E-state index in [1.807, 2.05) is 62.4 Å². The third-order valence-electron chi connectivity index (χ3n) is 15.4. The van der Waals surface area contributed by atoms with Crippen molar-refractivity contribution in [3.8, 4) is 11.5 Å². The minimum atomic E-state index is -0.998. The van der Waals surface area contributed by atoms with Crippen molar-refractivity contribution in [1.29, 1.82) is 0 Å². The second kappa shape index (κ2) is 35.3. The SMILES string of the molecule is C.C.COc1ccc(CN(CCN(C)C)c2ncccn2)cc1.Cc1cccc(Nc2cc(Cl)nc(NCC(=O)O)n2)c1C.Cc1nc(NCCCc2ccccc2)nc(C)c1O.O=C1CC2(CCCC2)CC(=O)N1CC1CCN(c2ncccn2)CC1. The van der Waals surface area contributed by atoms with Crippen molar-refractivity contribution < 1.29 is 29.3 Å². The van der Waals surface area contributed by atoms with Crippen LogP contribution >= 0.6 is 11.6 Å². The molecule has 2 saturated heterocycles. The molecule has 1 saturated carbocycles. The smallest absolute Gasteiger partial charge is 0.322 e. The van der Waals surface area contributed by atoms with E-state index in [2.05, 4.69) is 121 Å².